The standard InChI is InChI=1S/C20H23BFNO4/c1-19(2)20(3,4)27-21(26-19)17-15(22)11-8-12-16(17)23-18(24)25-13-14-9-6-5-7-10-14/h5-12H,13H2,1-4H3,(H,23,24). The Balaban J connectivity index is 1.75. The van der Waals surface area contributed by atoms with E-state index < -0.39 is 30.2 Å². The second kappa shape index (κ2) is 7.33. The topological polar surface area (TPSA) is 56.8 Å². The van der Waals surface area contributed by atoms with Gasteiger partial charge in [0.05, 0.1) is 11.2 Å². The number of ether oxygens (including phenoxy) is 1. The van der Waals surface area contributed by atoms with E-state index in [4.69, 9.17) is 14.0 Å². The molecule has 142 valence electrons. The average Bonchev–Trinajstić information content (AvgIpc) is 2.81. The first-order chi connectivity index (χ1) is 12.7. The van der Waals surface area contributed by atoms with Gasteiger partial charge in [-0.3, -0.25) is 5.32 Å². The summed E-state index contributed by atoms with van der Waals surface area (Å²) in [7, 11) is -0.930. The maximum atomic E-state index is 14.6. The Morgan fingerprint density at radius 1 is 1.04 bits per heavy atom. The van der Waals surface area contributed by atoms with Crippen molar-refractivity contribution < 1.29 is 23.2 Å². The Morgan fingerprint density at radius 3 is 2.30 bits per heavy atom. The maximum Gasteiger partial charge on any atom is 0.500 e. The van der Waals surface area contributed by atoms with E-state index in [9.17, 15) is 9.18 Å². The molecule has 1 fully saturated rings. The zero-order valence-corrected chi connectivity index (χ0v) is 15.9. The molecule has 2 aromatic rings. The molecule has 0 aromatic heterocycles. The van der Waals surface area contributed by atoms with Crippen molar-refractivity contribution in [3.05, 3.63) is 59.9 Å². The van der Waals surface area contributed by atoms with Crippen LogP contribution in [0, 0.1) is 5.82 Å². The van der Waals surface area contributed by atoms with Gasteiger partial charge in [0.1, 0.15) is 12.4 Å². The summed E-state index contributed by atoms with van der Waals surface area (Å²) in [4.78, 5) is 12.2. The lowest BCUT2D eigenvalue weighted by Gasteiger charge is -2.32. The van der Waals surface area contributed by atoms with Crippen molar-refractivity contribution in [3.63, 3.8) is 0 Å². The summed E-state index contributed by atoms with van der Waals surface area (Å²) in [6.45, 7) is 7.65. The second-order valence-corrected chi connectivity index (χ2v) is 7.48. The third-order valence-electron chi connectivity index (χ3n) is 4.99. The van der Waals surface area contributed by atoms with Crippen LogP contribution in [-0.2, 0) is 20.7 Å². The molecular formula is C20H23BFNO4. The lowest BCUT2D eigenvalue weighted by Crippen LogP contribution is -2.41. The van der Waals surface area contributed by atoms with Crippen LogP contribution in [0.1, 0.15) is 33.3 Å². The van der Waals surface area contributed by atoms with E-state index in [1.54, 1.807) is 6.07 Å². The Morgan fingerprint density at radius 2 is 1.67 bits per heavy atom. The minimum absolute atomic E-state index is 0.119. The summed E-state index contributed by atoms with van der Waals surface area (Å²) in [5, 5.41) is 2.59. The Kier molecular flexibility index (Phi) is 5.26. The molecule has 7 heteroatoms. The van der Waals surface area contributed by atoms with Gasteiger partial charge in [-0.1, -0.05) is 36.4 Å². The summed E-state index contributed by atoms with van der Waals surface area (Å²) < 4.78 is 31.6. The van der Waals surface area contributed by atoms with Gasteiger partial charge in [-0.25, -0.2) is 9.18 Å². The zero-order chi connectivity index (χ0) is 19.7. The van der Waals surface area contributed by atoms with E-state index in [-0.39, 0.29) is 17.8 Å². The number of nitrogens with one attached hydrogen (secondary N) is 1. The highest BCUT2D eigenvalue weighted by atomic mass is 19.1. The van der Waals surface area contributed by atoms with Crippen molar-refractivity contribution in [2.24, 2.45) is 0 Å². The van der Waals surface area contributed by atoms with E-state index in [1.165, 1.54) is 12.1 Å². The van der Waals surface area contributed by atoms with Gasteiger partial charge in [-0.05, 0) is 45.4 Å². The number of anilines is 1. The minimum Gasteiger partial charge on any atom is -0.444 e. The molecule has 1 saturated heterocycles. The molecule has 0 saturated carbocycles. The van der Waals surface area contributed by atoms with Gasteiger partial charge >= 0.3 is 13.2 Å². The average molecular weight is 371 g/mol. The van der Waals surface area contributed by atoms with Crippen LogP contribution in [0.5, 0.6) is 0 Å². The van der Waals surface area contributed by atoms with Gasteiger partial charge in [-0.15, -0.1) is 0 Å². The first-order valence-corrected chi connectivity index (χ1v) is 8.81. The molecule has 1 heterocycles. The molecule has 1 aliphatic rings. The van der Waals surface area contributed by atoms with Crippen LogP contribution in [0.2, 0.25) is 0 Å². The molecule has 3 rings (SSSR count). The van der Waals surface area contributed by atoms with Gasteiger partial charge in [0.25, 0.3) is 0 Å². The van der Waals surface area contributed by atoms with Gasteiger partial charge in [-0.2, -0.15) is 0 Å². The SMILES string of the molecule is CC1(C)OB(c2c(F)cccc2NC(=O)OCc2ccccc2)OC1(C)C. The summed E-state index contributed by atoms with van der Waals surface area (Å²) in [5.41, 5.74) is 0.0215. The molecule has 0 unspecified atom stereocenters. The number of amides is 1. The molecule has 27 heavy (non-hydrogen) atoms. The number of rotatable bonds is 4. The molecule has 5 nitrogen and oxygen atoms in total. The van der Waals surface area contributed by atoms with Crippen LogP contribution in [0.15, 0.2) is 48.5 Å². The normalized spacial score (nSPS) is 17.6. The third kappa shape index (κ3) is 4.15. The van der Waals surface area contributed by atoms with Crippen LogP contribution >= 0.6 is 0 Å². The number of hydrogen-bond acceptors (Lipinski definition) is 4. The summed E-state index contributed by atoms with van der Waals surface area (Å²) in [6.07, 6.45) is -0.678. The Labute approximate surface area is 159 Å². The van der Waals surface area contributed by atoms with Gasteiger partial charge in [0, 0.05) is 11.2 Å². The molecule has 1 aliphatic heterocycles. The van der Waals surface area contributed by atoms with Crippen LogP contribution in [0.25, 0.3) is 0 Å². The molecule has 0 bridgehead atoms. The van der Waals surface area contributed by atoms with Gasteiger partial charge in [0.2, 0.25) is 0 Å². The molecule has 0 radical (unpaired) electrons. The molecule has 1 N–H and O–H groups in total. The van der Waals surface area contributed by atoms with Crippen molar-refractivity contribution in [2.75, 3.05) is 5.32 Å². The Bertz CT molecular complexity index is 810. The number of halogens is 1. The highest BCUT2D eigenvalue weighted by Crippen LogP contribution is 2.37. The maximum absolute atomic E-state index is 14.6. The third-order valence-corrected chi connectivity index (χ3v) is 4.99. The monoisotopic (exact) mass is 371 g/mol. The fourth-order valence-corrected chi connectivity index (χ4v) is 2.72. The molecular weight excluding hydrogens is 348 g/mol. The van der Waals surface area contributed by atoms with Gasteiger partial charge in [0.15, 0.2) is 0 Å². The van der Waals surface area contributed by atoms with Crippen LogP contribution in [-0.4, -0.2) is 24.4 Å². The Hall–Kier alpha value is -2.38. The molecule has 2 aromatic carbocycles. The highest BCUT2D eigenvalue weighted by Gasteiger charge is 2.53. The number of benzene rings is 2. The zero-order valence-electron chi connectivity index (χ0n) is 15.9. The lowest BCUT2D eigenvalue weighted by atomic mass is 9.77. The van der Waals surface area contributed by atoms with Gasteiger partial charge < -0.3 is 14.0 Å². The van der Waals surface area contributed by atoms with Crippen molar-refractivity contribution in [2.45, 2.75) is 45.5 Å². The summed E-state index contributed by atoms with van der Waals surface area (Å²) in [5.74, 6) is -0.519. The summed E-state index contributed by atoms with van der Waals surface area (Å²) >= 11 is 0. The molecule has 0 spiro atoms. The molecule has 0 atom stereocenters. The number of carbonyl (C=O) groups excluding carboxylic acids is 1. The predicted molar refractivity (Wildman–Crippen MR) is 102 cm³/mol. The van der Waals surface area contributed by atoms with Crippen molar-refractivity contribution >= 4 is 24.4 Å². The highest BCUT2D eigenvalue weighted by molar-refractivity contribution is 6.64. The van der Waals surface area contributed by atoms with Crippen LogP contribution < -0.4 is 10.8 Å². The molecule has 1 amide bonds. The van der Waals surface area contributed by atoms with Crippen molar-refractivity contribution in [1.82, 2.24) is 0 Å². The number of carbonyl (C=O) groups is 1. The lowest BCUT2D eigenvalue weighted by molar-refractivity contribution is 0.00578. The second-order valence-electron chi connectivity index (χ2n) is 7.48. The van der Waals surface area contributed by atoms with Crippen molar-refractivity contribution in [1.29, 1.82) is 0 Å². The fourth-order valence-electron chi connectivity index (χ4n) is 2.72. The van der Waals surface area contributed by atoms with E-state index in [2.05, 4.69) is 5.32 Å². The van der Waals surface area contributed by atoms with Crippen LogP contribution in [0.3, 0.4) is 0 Å². The fraction of sp³-hybridized carbons (Fsp3) is 0.350. The quantitative estimate of drug-likeness (QED) is 0.829. The first kappa shape index (κ1) is 19.4. The summed E-state index contributed by atoms with van der Waals surface area (Å²) in [6, 6.07) is 13.7. The molecule has 0 aliphatic carbocycles. The van der Waals surface area contributed by atoms with E-state index >= 15 is 0 Å². The number of hydrogen-bond donors (Lipinski definition) is 1. The van der Waals surface area contributed by atoms with E-state index in [0.717, 1.165) is 5.56 Å². The first-order valence-electron chi connectivity index (χ1n) is 8.81. The predicted octanol–water partition coefficient (Wildman–Crippen LogP) is 3.87. The van der Waals surface area contributed by atoms with Crippen molar-refractivity contribution in [3.8, 4) is 0 Å². The largest absolute Gasteiger partial charge is 0.500 e. The smallest absolute Gasteiger partial charge is 0.444 e. The minimum atomic E-state index is -0.930. The van der Waals surface area contributed by atoms with E-state index in [1.807, 2.05) is 58.0 Å². The van der Waals surface area contributed by atoms with Crippen LogP contribution in [0.4, 0.5) is 14.9 Å². The van der Waals surface area contributed by atoms with E-state index in [0.29, 0.717) is 0 Å².